The van der Waals surface area contributed by atoms with Crippen LogP contribution in [0.15, 0.2) is 0 Å². The van der Waals surface area contributed by atoms with Crippen LogP contribution in [-0.2, 0) is 15.1 Å². The summed E-state index contributed by atoms with van der Waals surface area (Å²) in [6.45, 7) is 0. The molecule has 0 aromatic rings. The quantitative estimate of drug-likeness (QED) is 0.401. The van der Waals surface area contributed by atoms with Crippen LogP contribution in [0.1, 0.15) is 0 Å². The van der Waals surface area contributed by atoms with Gasteiger partial charge in [-0.3, -0.25) is 0 Å². The Hall–Kier alpha value is 2.16. The van der Waals surface area contributed by atoms with Crippen molar-refractivity contribution in [3.8, 4) is 0 Å². The fraction of sp³-hybridized carbons (Fsp3) is 0. The van der Waals surface area contributed by atoms with Crippen molar-refractivity contribution in [2.75, 3.05) is 0 Å². The second-order valence-corrected chi connectivity index (χ2v) is 4.72. The molecule has 0 atom stereocenters. The van der Waals surface area contributed by atoms with E-state index in [0.717, 1.165) is 0 Å². The largest absolute Gasteiger partial charge is 1.00 e. The van der Waals surface area contributed by atoms with Gasteiger partial charge < -0.3 is 5.48 Å². The molecule has 0 heterocycles. The van der Waals surface area contributed by atoms with Crippen molar-refractivity contribution in [1.29, 1.82) is 0 Å². The molecule has 0 saturated carbocycles. The van der Waals surface area contributed by atoms with E-state index in [1.165, 1.54) is 0 Å². The van der Waals surface area contributed by atoms with Crippen LogP contribution in [0, 0.1) is 0 Å². The van der Waals surface area contributed by atoms with Gasteiger partial charge in [0.2, 0.25) is 0 Å². The summed E-state index contributed by atoms with van der Waals surface area (Å²) in [6.07, 6.45) is 0. The average Bonchev–Trinajstić information content (AvgIpc) is 0.918. The fourth-order valence-corrected chi connectivity index (χ4v) is 0. The maximum absolute atomic E-state index is 4.95. The van der Waals surface area contributed by atoms with E-state index in [4.69, 9.17) is 19.4 Å². The van der Waals surface area contributed by atoms with Crippen molar-refractivity contribution in [3.05, 3.63) is 0 Å². The van der Waals surface area contributed by atoms with Gasteiger partial charge in [-0.2, -0.15) is 0 Å². The zero-order chi connectivity index (χ0) is 2.71. The Morgan fingerprint density at radius 3 is 1.20 bits per heavy atom. The normalized spacial score (nSPS) is 2.00. The third-order valence-electron chi connectivity index (χ3n) is 0. The molecule has 0 aliphatic rings. The standard InChI is InChI=1S/2ClH.Na.H2O.Zn/h2*1H;;1H2;/q;;+1;;+2/p-3. The van der Waals surface area contributed by atoms with Crippen molar-refractivity contribution < 1.29 is 50.2 Å². The SMILES string of the molecule is [Cl][Zn][Cl].[Na+].[OH-]. The molecule has 0 fully saturated rings. The van der Waals surface area contributed by atoms with Crippen LogP contribution in [0.25, 0.3) is 0 Å². The van der Waals surface area contributed by atoms with Crippen LogP contribution in [-0.4, -0.2) is 5.48 Å². The topological polar surface area (TPSA) is 30.0 Å². The molecule has 0 spiro atoms. The minimum Gasteiger partial charge on any atom is -0.870 e. The van der Waals surface area contributed by atoms with Crippen molar-refractivity contribution in [1.82, 2.24) is 0 Å². The monoisotopic (exact) mass is 174 g/mol. The summed E-state index contributed by atoms with van der Waals surface area (Å²) in [5, 5.41) is 0. The van der Waals surface area contributed by atoms with E-state index in [1.54, 1.807) is 0 Å². The summed E-state index contributed by atoms with van der Waals surface area (Å²) in [4.78, 5) is 0. The van der Waals surface area contributed by atoms with Gasteiger partial charge in [-0.05, 0) is 0 Å². The van der Waals surface area contributed by atoms with Gasteiger partial charge in [0, 0.05) is 0 Å². The first-order chi connectivity index (χ1) is 1.41. The Kier molecular flexibility index (Phi) is 51.6. The third kappa shape index (κ3) is 22.8. The van der Waals surface area contributed by atoms with Gasteiger partial charge in [-0.1, -0.05) is 0 Å². The molecular weight excluding hydrogens is 175 g/mol. The zero-order valence-corrected chi connectivity index (χ0v) is 9.39. The van der Waals surface area contributed by atoms with Gasteiger partial charge in [0.1, 0.15) is 0 Å². The molecule has 0 aliphatic heterocycles. The summed E-state index contributed by atoms with van der Waals surface area (Å²) >= 11 is -0.931. The van der Waals surface area contributed by atoms with Crippen LogP contribution in [0.2, 0.25) is 0 Å². The average molecular weight is 176 g/mol. The van der Waals surface area contributed by atoms with E-state index in [2.05, 4.69) is 0 Å². The number of hydrogen-bond acceptors (Lipinski definition) is 1. The van der Waals surface area contributed by atoms with Crippen LogP contribution < -0.4 is 29.6 Å². The van der Waals surface area contributed by atoms with E-state index in [1.807, 2.05) is 0 Å². The Balaban J connectivity index is -0.0000000200. The van der Waals surface area contributed by atoms with Gasteiger partial charge in [0.05, 0.1) is 0 Å². The molecule has 0 aromatic carbocycles. The molecule has 0 aliphatic carbocycles. The molecule has 24 valence electrons. The molecular formula is HCl2NaOZn. The minimum absolute atomic E-state index is 0. The zero-order valence-electron chi connectivity index (χ0n) is 2.91. The summed E-state index contributed by atoms with van der Waals surface area (Å²) < 4.78 is 0. The maximum Gasteiger partial charge on any atom is 1.00 e. The number of rotatable bonds is 0. The van der Waals surface area contributed by atoms with Crippen molar-refractivity contribution in [3.63, 3.8) is 0 Å². The molecule has 1 N–H and O–H groups in total. The molecule has 0 rings (SSSR count). The first-order valence-corrected chi connectivity index (χ1v) is 8.33. The second-order valence-electron chi connectivity index (χ2n) is 0.101. The van der Waals surface area contributed by atoms with E-state index in [0.29, 0.717) is 0 Å². The Morgan fingerprint density at radius 1 is 1.20 bits per heavy atom. The molecule has 0 unspecified atom stereocenters. The molecule has 5 heavy (non-hydrogen) atoms. The summed E-state index contributed by atoms with van der Waals surface area (Å²) in [5.41, 5.74) is 0. The van der Waals surface area contributed by atoms with Crippen molar-refractivity contribution in [2.45, 2.75) is 0 Å². The van der Waals surface area contributed by atoms with Gasteiger partial charge in [0.25, 0.3) is 0 Å². The first-order valence-electron chi connectivity index (χ1n) is 0.535. The van der Waals surface area contributed by atoms with Gasteiger partial charge in [-0.15, -0.1) is 0 Å². The molecule has 0 radical (unpaired) electrons. The van der Waals surface area contributed by atoms with E-state index < -0.39 is 15.1 Å². The van der Waals surface area contributed by atoms with E-state index >= 15 is 0 Å². The summed E-state index contributed by atoms with van der Waals surface area (Å²) in [6, 6.07) is 0. The fourth-order valence-electron chi connectivity index (χ4n) is 0. The van der Waals surface area contributed by atoms with Gasteiger partial charge in [0.15, 0.2) is 0 Å². The predicted octanol–water partition coefficient (Wildman–Crippen LogP) is -1.80. The Labute approximate surface area is 68.7 Å². The van der Waals surface area contributed by atoms with Crippen molar-refractivity contribution >= 4 is 19.4 Å². The summed E-state index contributed by atoms with van der Waals surface area (Å²) in [7, 11) is 9.90. The molecule has 0 aromatic heterocycles. The van der Waals surface area contributed by atoms with Crippen LogP contribution >= 0.6 is 19.4 Å². The van der Waals surface area contributed by atoms with E-state index in [-0.39, 0.29) is 35.0 Å². The third-order valence-corrected chi connectivity index (χ3v) is 0. The van der Waals surface area contributed by atoms with Gasteiger partial charge in [-0.25, -0.2) is 0 Å². The number of halogens is 2. The Bertz CT molecular complexity index is 9.61. The molecule has 1 nitrogen and oxygen atoms in total. The first kappa shape index (κ1) is 15.7. The van der Waals surface area contributed by atoms with Crippen LogP contribution in [0.5, 0.6) is 0 Å². The molecule has 0 bridgehead atoms. The van der Waals surface area contributed by atoms with Crippen LogP contribution in [0.4, 0.5) is 0 Å². The second kappa shape index (κ2) is 16.4. The minimum atomic E-state index is -0.931. The van der Waals surface area contributed by atoms with E-state index in [9.17, 15) is 0 Å². The molecule has 0 amide bonds. The predicted molar refractivity (Wildman–Crippen MR) is 13.6 cm³/mol. The smallest absolute Gasteiger partial charge is 0.870 e. The maximum atomic E-state index is 4.95. The molecule has 0 saturated heterocycles. The van der Waals surface area contributed by atoms with Gasteiger partial charge >= 0.3 is 64.1 Å². The van der Waals surface area contributed by atoms with Crippen LogP contribution in [0.3, 0.4) is 0 Å². The van der Waals surface area contributed by atoms with Crippen molar-refractivity contribution in [2.24, 2.45) is 0 Å². The molecule has 5 heteroatoms. The Morgan fingerprint density at radius 2 is 1.20 bits per heavy atom. The summed E-state index contributed by atoms with van der Waals surface area (Å²) in [5.74, 6) is 0. The number of hydrogen-bond donors (Lipinski definition) is 0.